The van der Waals surface area contributed by atoms with E-state index in [1.54, 1.807) is 6.33 Å². The van der Waals surface area contributed by atoms with Crippen molar-refractivity contribution >= 4 is 17.3 Å². The van der Waals surface area contributed by atoms with Crippen LogP contribution >= 0.6 is 0 Å². The van der Waals surface area contributed by atoms with Gasteiger partial charge >= 0.3 is 0 Å². The van der Waals surface area contributed by atoms with Crippen LogP contribution in [0.25, 0.3) is 0 Å². The molecule has 124 valence electrons. The predicted molar refractivity (Wildman–Crippen MR) is 97.5 cm³/mol. The van der Waals surface area contributed by atoms with E-state index >= 15 is 0 Å². The van der Waals surface area contributed by atoms with E-state index in [2.05, 4.69) is 78.6 Å². The minimum Gasteiger partial charge on any atom is -0.369 e. The fraction of sp³-hybridized carbons (Fsp3) is 0.444. The van der Waals surface area contributed by atoms with Gasteiger partial charge in [0.2, 0.25) is 0 Å². The molecule has 5 heteroatoms. The van der Waals surface area contributed by atoms with Crippen LogP contribution in [0, 0.1) is 0 Å². The van der Waals surface area contributed by atoms with Crippen LogP contribution in [0.15, 0.2) is 36.7 Å². The first-order valence-corrected chi connectivity index (χ1v) is 7.93. The second kappa shape index (κ2) is 7.42. The molecule has 0 fully saturated rings. The van der Waals surface area contributed by atoms with Gasteiger partial charge in [0, 0.05) is 24.8 Å². The Labute approximate surface area is 139 Å². The van der Waals surface area contributed by atoms with E-state index in [4.69, 9.17) is 0 Å². The number of nitrogens with one attached hydrogen (secondary N) is 2. The molecule has 1 heterocycles. The van der Waals surface area contributed by atoms with Crippen molar-refractivity contribution in [3.63, 3.8) is 0 Å². The van der Waals surface area contributed by atoms with Gasteiger partial charge in [0.25, 0.3) is 0 Å². The van der Waals surface area contributed by atoms with Gasteiger partial charge < -0.3 is 15.5 Å². The third kappa shape index (κ3) is 5.21. The van der Waals surface area contributed by atoms with Crippen molar-refractivity contribution in [1.29, 1.82) is 0 Å². The van der Waals surface area contributed by atoms with Crippen LogP contribution in [0.3, 0.4) is 0 Å². The fourth-order valence-corrected chi connectivity index (χ4v) is 2.31. The molecule has 1 aromatic heterocycles. The van der Waals surface area contributed by atoms with E-state index in [0.29, 0.717) is 0 Å². The van der Waals surface area contributed by atoms with Crippen LogP contribution in [0.1, 0.15) is 26.3 Å². The number of rotatable bonds is 6. The molecule has 0 saturated carbocycles. The smallest absolute Gasteiger partial charge is 0.135 e. The highest BCUT2D eigenvalue weighted by Gasteiger charge is 2.17. The summed E-state index contributed by atoms with van der Waals surface area (Å²) in [4.78, 5) is 10.7. The number of aromatic nitrogens is 2. The fourth-order valence-electron chi connectivity index (χ4n) is 2.31. The van der Waals surface area contributed by atoms with E-state index in [0.717, 1.165) is 30.4 Å². The van der Waals surface area contributed by atoms with Crippen molar-refractivity contribution in [3.8, 4) is 0 Å². The molecule has 0 bridgehead atoms. The van der Waals surface area contributed by atoms with Crippen molar-refractivity contribution in [2.45, 2.75) is 26.2 Å². The lowest BCUT2D eigenvalue weighted by Gasteiger charge is -2.23. The first kappa shape index (κ1) is 17.2. The molecule has 0 amide bonds. The molecular formula is C18H27N5. The molecule has 5 nitrogen and oxygen atoms in total. The monoisotopic (exact) mass is 313 g/mol. The maximum atomic E-state index is 4.33. The van der Waals surface area contributed by atoms with Crippen LogP contribution in [0.4, 0.5) is 17.3 Å². The molecule has 0 aliphatic carbocycles. The molecule has 0 aliphatic heterocycles. The molecule has 0 unspecified atom stereocenters. The predicted octanol–water partition coefficient (Wildman–Crippen LogP) is 3.49. The van der Waals surface area contributed by atoms with Gasteiger partial charge in [-0.25, -0.2) is 9.97 Å². The van der Waals surface area contributed by atoms with E-state index in [1.807, 2.05) is 12.1 Å². The van der Waals surface area contributed by atoms with Gasteiger partial charge in [-0.15, -0.1) is 0 Å². The van der Waals surface area contributed by atoms with Gasteiger partial charge in [0.1, 0.15) is 18.0 Å². The lowest BCUT2D eigenvalue weighted by atomic mass is 9.86. The number of hydrogen-bond donors (Lipinski definition) is 2. The molecule has 0 aliphatic rings. The lowest BCUT2D eigenvalue weighted by molar-refractivity contribution is 0.425. The molecule has 0 radical (unpaired) electrons. The lowest BCUT2D eigenvalue weighted by Crippen LogP contribution is -2.21. The van der Waals surface area contributed by atoms with Gasteiger partial charge in [-0.05, 0) is 31.1 Å². The summed E-state index contributed by atoms with van der Waals surface area (Å²) in [5, 5.41) is 6.73. The van der Waals surface area contributed by atoms with Crippen LogP contribution in [0.5, 0.6) is 0 Å². The van der Waals surface area contributed by atoms with Gasteiger partial charge in [-0.2, -0.15) is 0 Å². The Hall–Kier alpha value is -2.14. The van der Waals surface area contributed by atoms with Crippen molar-refractivity contribution < 1.29 is 0 Å². The molecule has 0 spiro atoms. The second-order valence-corrected chi connectivity index (χ2v) is 6.94. The summed E-state index contributed by atoms with van der Waals surface area (Å²) in [6.45, 7) is 8.44. The Balaban J connectivity index is 2.12. The minimum absolute atomic E-state index is 0.0728. The highest BCUT2D eigenvalue weighted by molar-refractivity contribution is 5.63. The second-order valence-electron chi connectivity index (χ2n) is 6.94. The number of hydrogen-bond acceptors (Lipinski definition) is 5. The zero-order chi connectivity index (χ0) is 16.9. The first-order chi connectivity index (χ1) is 10.9. The molecule has 0 saturated heterocycles. The largest absolute Gasteiger partial charge is 0.369 e. The average Bonchev–Trinajstić information content (AvgIpc) is 2.47. The van der Waals surface area contributed by atoms with Gasteiger partial charge in [0.05, 0.1) is 0 Å². The van der Waals surface area contributed by atoms with Crippen LogP contribution in [-0.2, 0) is 5.41 Å². The van der Waals surface area contributed by atoms with Crippen LogP contribution < -0.4 is 10.6 Å². The summed E-state index contributed by atoms with van der Waals surface area (Å²) < 4.78 is 0. The molecule has 2 aromatic rings. The van der Waals surface area contributed by atoms with Crippen molar-refractivity contribution in [3.05, 3.63) is 42.2 Å². The third-order valence-electron chi connectivity index (χ3n) is 3.53. The number of anilines is 3. The topological polar surface area (TPSA) is 53.1 Å². The van der Waals surface area contributed by atoms with E-state index in [1.165, 1.54) is 5.56 Å². The third-order valence-corrected chi connectivity index (χ3v) is 3.53. The summed E-state index contributed by atoms with van der Waals surface area (Å²) in [5.74, 6) is 1.63. The zero-order valence-electron chi connectivity index (χ0n) is 14.7. The maximum Gasteiger partial charge on any atom is 0.135 e. The highest BCUT2D eigenvalue weighted by Crippen LogP contribution is 2.30. The highest BCUT2D eigenvalue weighted by atomic mass is 15.1. The first-order valence-electron chi connectivity index (χ1n) is 7.93. The summed E-state index contributed by atoms with van der Waals surface area (Å²) in [7, 11) is 4.11. The zero-order valence-corrected chi connectivity index (χ0v) is 14.7. The summed E-state index contributed by atoms with van der Waals surface area (Å²) in [6.07, 6.45) is 1.58. The van der Waals surface area contributed by atoms with E-state index < -0.39 is 0 Å². The van der Waals surface area contributed by atoms with Gasteiger partial charge in [0.15, 0.2) is 0 Å². The summed E-state index contributed by atoms with van der Waals surface area (Å²) in [6, 6.07) is 10.3. The van der Waals surface area contributed by atoms with Gasteiger partial charge in [-0.1, -0.05) is 39.0 Å². The van der Waals surface area contributed by atoms with Crippen molar-refractivity contribution in [2.75, 3.05) is 37.8 Å². The molecule has 2 rings (SSSR count). The molecule has 0 atom stereocenters. The van der Waals surface area contributed by atoms with Crippen LogP contribution in [-0.4, -0.2) is 42.1 Å². The van der Waals surface area contributed by atoms with E-state index in [9.17, 15) is 0 Å². The maximum absolute atomic E-state index is 4.33. The Morgan fingerprint density at radius 1 is 1.04 bits per heavy atom. The number of likely N-dealkylation sites (N-methyl/N-ethyl adjacent to an activating group) is 1. The standard InChI is InChI=1S/C18H27N5/c1-18(2,3)14-8-6-7-9-15(14)22-17-12-16(20-13-21-17)19-10-11-23(4)5/h6-9,12-13H,10-11H2,1-5H3,(H2,19,20,21,22). The SMILES string of the molecule is CN(C)CCNc1cc(Nc2ccccc2C(C)(C)C)ncn1. The van der Waals surface area contributed by atoms with Gasteiger partial charge in [-0.3, -0.25) is 0 Å². The normalized spacial score (nSPS) is 11.6. The minimum atomic E-state index is 0.0728. The average molecular weight is 313 g/mol. The Morgan fingerprint density at radius 2 is 1.74 bits per heavy atom. The molecule has 2 N–H and O–H groups in total. The molecule has 1 aromatic carbocycles. The quantitative estimate of drug-likeness (QED) is 0.855. The summed E-state index contributed by atoms with van der Waals surface area (Å²) in [5.41, 5.74) is 2.42. The number of benzene rings is 1. The molecule has 23 heavy (non-hydrogen) atoms. The van der Waals surface area contributed by atoms with Crippen molar-refractivity contribution in [1.82, 2.24) is 14.9 Å². The Kier molecular flexibility index (Phi) is 5.55. The number of para-hydroxylation sites is 1. The Morgan fingerprint density at radius 3 is 2.43 bits per heavy atom. The molecular weight excluding hydrogens is 286 g/mol. The Bertz CT molecular complexity index is 631. The van der Waals surface area contributed by atoms with Crippen molar-refractivity contribution in [2.24, 2.45) is 0 Å². The summed E-state index contributed by atoms with van der Waals surface area (Å²) >= 11 is 0. The number of nitrogens with zero attached hydrogens (tertiary/aromatic N) is 3. The van der Waals surface area contributed by atoms with Crippen LogP contribution in [0.2, 0.25) is 0 Å². The van der Waals surface area contributed by atoms with E-state index in [-0.39, 0.29) is 5.41 Å².